The number of anilines is 1. The number of carbonyl (C=O) groups excluding carboxylic acids is 1. The minimum atomic E-state index is -0.246. The molecule has 23 heavy (non-hydrogen) atoms. The van der Waals surface area contributed by atoms with Gasteiger partial charge in [0.2, 0.25) is 5.91 Å². The molecule has 8 heteroatoms. The summed E-state index contributed by atoms with van der Waals surface area (Å²) in [7, 11) is 2.09. The van der Waals surface area contributed by atoms with Gasteiger partial charge >= 0.3 is 0 Å². The van der Waals surface area contributed by atoms with Crippen molar-refractivity contribution in [2.75, 3.05) is 64.4 Å². The van der Waals surface area contributed by atoms with Crippen LogP contribution in [0.1, 0.15) is 0 Å². The molecule has 2 saturated heterocycles. The van der Waals surface area contributed by atoms with Gasteiger partial charge in [0.1, 0.15) is 12.4 Å². The van der Waals surface area contributed by atoms with E-state index in [4.69, 9.17) is 4.74 Å². The molecule has 2 fully saturated rings. The number of hydrogen-bond donors (Lipinski definition) is 0. The number of hydrogen-bond acceptors (Lipinski definition) is 6. The minimum absolute atomic E-state index is 0.0135. The highest BCUT2D eigenvalue weighted by molar-refractivity contribution is 5.76. The quantitative estimate of drug-likeness (QED) is 0.700. The summed E-state index contributed by atoms with van der Waals surface area (Å²) in [6.07, 6.45) is 0. The van der Waals surface area contributed by atoms with Crippen LogP contribution in [0.3, 0.4) is 0 Å². The Balaban J connectivity index is 1.70. The van der Waals surface area contributed by atoms with E-state index in [0.717, 1.165) is 32.0 Å². The molecule has 0 spiro atoms. The smallest absolute Gasteiger partial charge is 0.267 e. The molecular formula is C15H23N5O3. The fourth-order valence-corrected chi connectivity index (χ4v) is 2.80. The average Bonchev–Trinajstić information content (AvgIpc) is 2.58. The van der Waals surface area contributed by atoms with Crippen LogP contribution >= 0.6 is 0 Å². The van der Waals surface area contributed by atoms with E-state index in [1.165, 1.54) is 10.7 Å². The predicted molar refractivity (Wildman–Crippen MR) is 85.6 cm³/mol. The number of aromatic nitrogens is 2. The van der Waals surface area contributed by atoms with E-state index in [1.807, 2.05) is 0 Å². The summed E-state index contributed by atoms with van der Waals surface area (Å²) >= 11 is 0. The number of amides is 1. The number of morpholine rings is 1. The zero-order chi connectivity index (χ0) is 16.2. The maximum atomic E-state index is 12.3. The van der Waals surface area contributed by atoms with Gasteiger partial charge in [0.05, 0.1) is 13.2 Å². The van der Waals surface area contributed by atoms with E-state index >= 15 is 0 Å². The van der Waals surface area contributed by atoms with Crippen molar-refractivity contribution in [3.8, 4) is 0 Å². The predicted octanol–water partition coefficient (Wildman–Crippen LogP) is -1.15. The van der Waals surface area contributed by atoms with Crippen molar-refractivity contribution in [1.29, 1.82) is 0 Å². The van der Waals surface area contributed by atoms with Gasteiger partial charge in [-0.3, -0.25) is 9.59 Å². The van der Waals surface area contributed by atoms with E-state index in [-0.39, 0.29) is 18.0 Å². The largest absolute Gasteiger partial charge is 0.378 e. The van der Waals surface area contributed by atoms with Crippen molar-refractivity contribution in [3.05, 3.63) is 22.5 Å². The molecule has 0 aliphatic carbocycles. The van der Waals surface area contributed by atoms with Crippen LogP contribution in [0.25, 0.3) is 0 Å². The molecule has 2 aliphatic heterocycles. The summed E-state index contributed by atoms with van der Waals surface area (Å²) in [6.45, 7) is 5.92. The van der Waals surface area contributed by atoms with Crippen molar-refractivity contribution in [2.45, 2.75) is 6.54 Å². The second kappa shape index (κ2) is 7.10. The van der Waals surface area contributed by atoms with Crippen molar-refractivity contribution < 1.29 is 9.53 Å². The van der Waals surface area contributed by atoms with Crippen LogP contribution in [0.4, 0.5) is 5.82 Å². The molecule has 0 radical (unpaired) electrons. The molecule has 0 bridgehead atoms. The first-order valence-corrected chi connectivity index (χ1v) is 8.01. The van der Waals surface area contributed by atoms with Crippen LogP contribution in [0.5, 0.6) is 0 Å². The van der Waals surface area contributed by atoms with Crippen LogP contribution in [0, 0.1) is 0 Å². The van der Waals surface area contributed by atoms with Gasteiger partial charge in [-0.2, -0.15) is 5.10 Å². The third kappa shape index (κ3) is 3.89. The van der Waals surface area contributed by atoms with Crippen molar-refractivity contribution >= 4 is 11.7 Å². The number of likely N-dealkylation sites (N-methyl/N-ethyl adjacent to an activating group) is 1. The topological polar surface area (TPSA) is 70.9 Å². The lowest BCUT2D eigenvalue weighted by molar-refractivity contribution is -0.136. The summed E-state index contributed by atoms with van der Waals surface area (Å²) in [5, 5.41) is 4.39. The van der Waals surface area contributed by atoms with E-state index in [9.17, 15) is 9.59 Å². The van der Waals surface area contributed by atoms with E-state index in [0.29, 0.717) is 26.3 Å². The molecule has 1 amide bonds. The first kappa shape index (κ1) is 15.9. The summed E-state index contributed by atoms with van der Waals surface area (Å²) in [5.41, 5.74) is -0.246. The zero-order valence-corrected chi connectivity index (χ0v) is 13.5. The molecule has 0 atom stereocenters. The Kier molecular flexibility index (Phi) is 4.92. The second-order valence-electron chi connectivity index (χ2n) is 5.97. The van der Waals surface area contributed by atoms with Crippen LogP contribution in [-0.2, 0) is 16.1 Å². The maximum absolute atomic E-state index is 12.3. The number of nitrogens with zero attached hydrogens (tertiary/aromatic N) is 5. The summed E-state index contributed by atoms with van der Waals surface area (Å²) in [6, 6.07) is 3.23. The lowest BCUT2D eigenvalue weighted by atomic mass is 10.3. The summed E-state index contributed by atoms with van der Waals surface area (Å²) in [5.74, 6) is 0.672. The SMILES string of the molecule is CN1CCN(c2ccc(=O)n(CC(=O)N3CCOCC3)n2)CC1. The Hall–Kier alpha value is -1.93. The molecule has 126 valence electrons. The van der Waals surface area contributed by atoms with Gasteiger partial charge in [-0.1, -0.05) is 0 Å². The first-order chi connectivity index (χ1) is 11.1. The number of rotatable bonds is 3. The van der Waals surface area contributed by atoms with Gasteiger partial charge in [-0.15, -0.1) is 0 Å². The van der Waals surface area contributed by atoms with E-state index in [2.05, 4.69) is 21.9 Å². The fourth-order valence-electron chi connectivity index (χ4n) is 2.80. The molecule has 8 nitrogen and oxygen atoms in total. The fraction of sp³-hybridized carbons (Fsp3) is 0.667. The van der Waals surface area contributed by atoms with Crippen molar-refractivity contribution in [1.82, 2.24) is 19.6 Å². The van der Waals surface area contributed by atoms with Gasteiger partial charge < -0.3 is 19.4 Å². The Labute approximate surface area is 135 Å². The molecule has 3 rings (SSSR count). The monoisotopic (exact) mass is 321 g/mol. The summed E-state index contributed by atoms with van der Waals surface area (Å²) in [4.78, 5) is 30.4. The van der Waals surface area contributed by atoms with Gasteiger partial charge in [0.25, 0.3) is 5.56 Å². The third-order valence-electron chi connectivity index (χ3n) is 4.33. The number of piperazine rings is 1. The zero-order valence-electron chi connectivity index (χ0n) is 13.5. The lowest BCUT2D eigenvalue weighted by Crippen LogP contribution is -2.46. The molecular weight excluding hydrogens is 298 g/mol. The van der Waals surface area contributed by atoms with E-state index in [1.54, 1.807) is 11.0 Å². The van der Waals surface area contributed by atoms with Gasteiger partial charge in [-0.25, -0.2) is 4.68 Å². The van der Waals surface area contributed by atoms with E-state index < -0.39 is 0 Å². The maximum Gasteiger partial charge on any atom is 0.267 e. The number of ether oxygens (including phenoxy) is 1. The lowest BCUT2D eigenvalue weighted by Gasteiger charge is -2.33. The van der Waals surface area contributed by atoms with Crippen molar-refractivity contribution in [3.63, 3.8) is 0 Å². The standard InChI is InChI=1S/C15H23N5O3/c1-17-4-6-18(7-5-17)13-2-3-14(21)20(16-13)12-15(22)19-8-10-23-11-9-19/h2-3H,4-12H2,1H3. The highest BCUT2D eigenvalue weighted by Gasteiger charge is 2.20. The Morgan fingerprint density at radius 2 is 1.83 bits per heavy atom. The Morgan fingerprint density at radius 3 is 2.52 bits per heavy atom. The van der Waals surface area contributed by atoms with Gasteiger partial charge in [0.15, 0.2) is 0 Å². The highest BCUT2D eigenvalue weighted by atomic mass is 16.5. The Morgan fingerprint density at radius 1 is 1.13 bits per heavy atom. The average molecular weight is 321 g/mol. The van der Waals surface area contributed by atoms with Gasteiger partial charge in [-0.05, 0) is 13.1 Å². The third-order valence-corrected chi connectivity index (χ3v) is 4.33. The molecule has 0 aromatic carbocycles. The van der Waals surface area contributed by atoms with Crippen LogP contribution in [0.15, 0.2) is 16.9 Å². The van der Waals surface area contributed by atoms with Crippen LogP contribution in [0.2, 0.25) is 0 Å². The van der Waals surface area contributed by atoms with Crippen LogP contribution in [-0.4, -0.2) is 85.0 Å². The number of carbonyl (C=O) groups is 1. The molecule has 0 unspecified atom stereocenters. The van der Waals surface area contributed by atoms with Gasteiger partial charge in [0, 0.05) is 45.3 Å². The van der Waals surface area contributed by atoms with Crippen molar-refractivity contribution in [2.24, 2.45) is 0 Å². The minimum Gasteiger partial charge on any atom is -0.378 e. The highest BCUT2D eigenvalue weighted by Crippen LogP contribution is 2.10. The molecule has 3 heterocycles. The first-order valence-electron chi connectivity index (χ1n) is 8.01. The molecule has 1 aromatic rings. The second-order valence-corrected chi connectivity index (χ2v) is 5.97. The normalized spacial score (nSPS) is 19.9. The molecule has 0 saturated carbocycles. The molecule has 2 aliphatic rings. The molecule has 0 N–H and O–H groups in total. The Bertz CT molecular complexity index is 603. The summed E-state index contributed by atoms with van der Waals surface area (Å²) < 4.78 is 6.51. The van der Waals surface area contributed by atoms with Crippen LogP contribution < -0.4 is 10.5 Å². The molecule has 1 aromatic heterocycles.